The van der Waals surface area contributed by atoms with Crippen molar-refractivity contribution in [2.75, 3.05) is 4.90 Å². The average molecular weight is 584 g/mol. The number of fused-ring (bicyclic) bond motifs is 10. The molecule has 0 atom stereocenters. The number of anilines is 3. The van der Waals surface area contributed by atoms with Crippen LogP contribution in [0.15, 0.2) is 127 Å². The van der Waals surface area contributed by atoms with Gasteiger partial charge in [0.15, 0.2) is 0 Å². The van der Waals surface area contributed by atoms with Crippen molar-refractivity contribution in [2.45, 2.75) is 38.5 Å². The van der Waals surface area contributed by atoms with Gasteiger partial charge in [0.1, 0.15) is 0 Å². The molecule has 9 rings (SSSR count). The minimum Gasteiger partial charge on any atom is -0.310 e. The highest BCUT2D eigenvalue weighted by atomic mass is 32.1. The number of nitrogens with zero attached hydrogens (tertiary/aromatic N) is 1. The lowest BCUT2D eigenvalue weighted by Gasteiger charge is -2.28. The van der Waals surface area contributed by atoms with E-state index in [-0.39, 0.29) is 10.8 Å². The number of benzene rings is 6. The molecule has 0 bridgehead atoms. The molecule has 212 valence electrons. The predicted octanol–water partition coefficient (Wildman–Crippen LogP) is 12.1. The summed E-state index contributed by atoms with van der Waals surface area (Å²) in [4.78, 5) is 2.37. The molecule has 0 saturated heterocycles. The Balaban J connectivity index is 1.22. The molecular weight excluding hydrogens is 551 g/mol. The second-order valence-electron chi connectivity index (χ2n) is 13.4. The molecule has 0 unspecified atom stereocenters. The Labute approximate surface area is 263 Å². The van der Waals surface area contributed by atoms with Gasteiger partial charge in [-0.1, -0.05) is 107 Å². The van der Waals surface area contributed by atoms with Crippen molar-refractivity contribution >= 4 is 48.6 Å². The van der Waals surface area contributed by atoms with Gasteiger partial charge in [0, 0.05) is 48.1 Å². The molecule has 44 heavy (non-hydrogen) atoms. The highest BCUT2D eigenvalue weighted by Crippen LogP contribution is 2.56. The molecule has 7 aromatic rings. The summed E-state index contributed by atoms with van der Waals surface area (Å²) in [5.41, 5.74) is 14.6. The smallest absolute Gasteiger partial charge is 0.0465 e. The van der Waals surface area contributed by atoms with Crippen molar-refractivity contribution in [1.29, 1.82) is 0 Å². The van der Waals surface area contributed by atoms with Crippen molar-refractivity contribution in [3.63, 3.8) is 0 Å². The maximum Gasteiger partial charge on any atom is 0.0465 e. The standard InChI is InChI=1S/C42H33NS/c1-41(2)36-23-28(43(26-13-7-5-8-14-26)27-15-9-6-10-16-27)19-20-30(36)33-25-38-34(24-37(33)41)32-22-21-31-29-17-11-12-18-35(29)42(3,4)39(31)40(32)44-38/h5-25H,1-4H3. The Hall–Kier alpha value is -4.66. The van der Waals surface area contributed by atoms with Gasteiger partial charge < -0.3 is 4.90 Å². The van der Waals surface area contributed by atoms with E-state index in [1.165, 1.54) is 70.4 Å². The number of thiophene rings is 1. The van der Waals surface area contributed by atoms with Crippen LogP contribution in [-0.2, 0) is 10.8 Å². The first-order valence-electron chi connectivity index (χ1n) is 15.5. The fourth-order valence-electron chi connectivity index (χ4n) is 8.04. The van der Waals surface area contributed by atoms with Gasteiger partial charge >= 0.3 is 0 Å². The molecule has 0 saturated carbocycles. The molecule has 1 aromatic heterocycles. The van der Waals surface area contributed by atoms with Gasteiger partial charge in [0.05, 0.1) is 0 Å². The summed E-state index contributed by atoms with van der Waals surface area (Å²) >= 11 is 1.98. The molecule has 2 heteroatoms. The molecule has 0 spiro atoms. The van der Waals surface area contributed by atoms with Crippen molar-refractivity contribution in [2.24, 2.45) is 0 Å². The molecular formula is C42H33NS. The molecule has 0 aliphatic heterocycles. The summed E-state index contributed by atoms with van der Waals surface area (Å²) in [6.07, 6.45) is 0. The van der Waals surface area contributed by atoms with Gasteiger partial charge in [-0.2, -0.15) is 0 Å². The first-order chi connectivity index (χ1) is 21.3. The third kappa shape index (κ3) is 3.41. The minimum absolute atomic E-state index is 0.0132. The summed E-state index contributed by atoms with van der Waals surface area (Å²) < 4.78 is 2.82. The average Bonchev–Trinajstić information content (AvgIpc) is 3.60. The van der Waals surface area contributed by atoms with Crippen LogP contribution < -0.4 is 4.90 Å². The highest BCUT2D eigenvalue weighted by molar-refractivity contribution is 7.26. The lowest BCUT2D eigenvalue weighted by Crippen LogP contribution is -2.16. The molecule has 1 heterocycles. The van der Waals surface area contributed by atoms with E-state index in [0.717, 1.165) is 11.4 Å². The summed E-state index contributed by atoms with van der Waals surface area (Å²) in [6.45, 7) is 9.59. The van der Waals surface area contributed by atoms with Crippen molar-refractivity contribution in [3.8, 4) is 22.3 Å². The molecule has 1 nitrogen and oxygen atoms in total. The van der Waals surface area contributed by atoms with E-state index in [2.05, 4.69) is 160 Å². The fourth-order valence-corrected chi connectivity index (χ4v) is 9.47. The molecule has 0 N–H and O–H groups in total. The molecule has 2 aliphatic rings. The van der Waals surface area contributed by atoms with Crippen LogP contribution in [0, 0.1) is 0 Å². The summed E-state index contributed by atoms with van der Waals surface area (Å²) in [5, 5.41) is 2.77. The topological polar surface area (TPSA) is 3.24 Å². The molecule has 2 aliphatic carbocycles. The lowest BCUT2D eigenvalue weighted by molar-refractivity contribution is 0.661. The second-order valence-corrected chi connectivity index (χ2v) is 14.4. The van der Waals surface area contributed by atoms with E-state index < -0.39 is 0 Å². The van der Waals surface area contributed by atoms with E-state index in [1.54, 1.807) is 0 Å². The van der Waals surface area contributed by atoms with E-state index in [4.69, 9.17) is 0 Å². The maximum atomic E-state index is 2.51. The minimum atomic E-state index is -0.117. The summed E-state index contributed by atoms with van der Waals surface area (Å²) in [5.74, 6) is 0. The number of hydrogen-bond acceptors (Lipinski definition) is 2. The zero-order valence-corrected chi connectivity index (χ0v) is 26.3. The Morgan fingerprint density at radius 1 is 0.455 bits per heavy atom. The zero-order valence-electron chi connectivity index (χ0n) is 25.5. The Morgan fingerprint density at radius 2 is 1.07 bits per heavy atom. The van der Waals surface area contributed by atoms with Crippen LogP contribution >= 0.6 is 11.3 Å². The number of para-hydroxylation sites is 2. The van der Waals surface area contributed by atoms with E-state index in [1.807, 2.05) is 11.3 Å². The van der Waals surface area contributed by atoms with Gasteiger partial charge in [-0.05, 0) is 93.0 Å². The van der Waals surface area contributed by atoms with Crippen LogP contribution in [-0.4, -0.2) is 0 Å². The number of hydrogen-bond donors (Lipinski definition) is 0. The normalized spacial score (nSPS) is 15.2. The van der Waals surface area contributed by atoms with E-state index >= 15 is 0 Å². The van der Waals surface area contributed by atoms with Crippen LogP contribution in [0.5, 0.6) is 0 Å². The van der Waals surface area contributed by atoms with Crippen LogP contribution in [0.4, 0.5) is 17.1 Å². The van der Waals surface area contributed by atoms with Gasteiger partial charge in [-0.3, -0.25) is 0 Å². The van der Waals surface area contributed by atoms with E-state index in [0.29, 0.717) is 0 Å². The zero-order chi connectivity index (χ0) is 29.8. The Morgan fingerprint density at radius 3 is 1.80 bits per heavy atom. The van der Waals surface area contributed by atoms with Gasteiger partial charge in [-0.25, -0.2) is 0 Å². The van der Waals surface area contributed by atoms with Crippen LogP contribution in [0.2, 0.25) is 0 Å². The Bertz CT molecular complexity index is 2230. The van der Waals surface area contributed by atoms with Crippen molar-refractivity contribution < 1.29 is 0 Å². The monoisotopic (exact) mass is 583 g/mol. The Kier molecular flexibility index (Phi) is 5.24. The van der Waals surface area contributed by atoms with Crippen molar-refractivity contribution in [3.05, 3.63) is 150 Å². The quantitative estimate of drug-likeness (QED) is 0.200. The van der Waals surface area contributed by atoms with E-state index in [9.17, 15) is 0 Å². The highest BCUT2D eigenvalue weighted by Gasteiger charge is 2.39. The molecule has 0 radical (unpaired) electrons. The lowest BCUT2D eigenvalue weighted by atomic mass is 9.81. The van der Waals surface area contributed by atoms with Crippen LogP contribution in [0.25, 0.3) is 42.4 Å². The van der Waals surface area contributed by atoms with Gasteiger partial charge in [0.2, 0.25) is 0 Å². The van der Waals surface area contributed by atoms with Crippen molar-refractivity contribution in [1.82, 2.24) is 0 Å². The largest absolute Gasteiger partial charge is 0.310 e. The van der Waals surface area contributed by atoms with Crippen LogP contribution in [0.1, 0.15) is 49.9 Å². The first-order valence-corrected chi connectivity index (χ1v) is 16.3. The molecule has 6 aromatic carbocycles. The molecule has 0 amide bonds. The summed E-state index contributed by atoms with van der Waals surface area (Å²) in [7, 11) is 0. The number of rotatable bonds is 3. The third-order valence-corrected chi connectivity index (χ3v) is 11.4. The molecule has 0 fully saturated rings. The third-order valence-electron chi connectivity index (χ3n) is 10.2. The summed E-state index contributed by atoms with van der Waals surface area (Å²) in [6, 6.07) is 47.2. The maximum absolute atomic E-state index is 2.51. The predicted molar refractivity (Wildman–Crippen MR) is 189 cm³/mol. The second kappa shape index (κ2) is 8.94. The van der Waals surface area contributed by atoms with Gasteiger partial charge in [-0.15, -0.1) is 11.3 Å². The fraction of sp³-hybridized carbons (Fsp3) is 0.143. The van der Waals surface area contributed by atoms with Crippen LogP contribution in [0.3, 0.4) is 0 Å². The SMILES string of the molecule is CC1(C)c2cc(N(c3ccccc3)c3ccccc3)ccc2-c2cc3sc4c5c(ccc4c3cc21)-c1ccccc1C5(C)C. The van der Waals surface area contributed by atoms with Gasteiger partial charge in [0.25, 0.3) is 0 Å². The first kappa shape index (κ1) is 25.8.